The lowest BCUT2D eigenvalue weighted by Gasteiger charge is -2.25. The van der Waals surface area contributed by atoms with Gasteiger partial charge in [-0.1, -0.05) is 47.7 Å². The molecule has 0 fully saturated rings. The van der Waals surface area contributed by atoms with E-state index in [9.17, 15) is 14.9 Å². The van der Waals surface area contributed by atoms with E-state index in [1.165, 1.54) is 11.3 Å². The number of thioether (sulfide) groups is 1. The van der Waals surface area contributed by atoms with E-state index in [-0.39, 0.29) is 18.3 Å². The average molecular weight is 640 g/mol. The number of allylic oxidation sites excluding steroid dienone is 1. The number of carbonyl (C=O) groups excluding carboxylic acids is 1. The van der Waals surface area contributed by atoms with E-state index < -0.39 is 12.0 Å². The summed E-state index contributed by atoms with van der Waals surface area (Å²) in [5.74, 6) is 0.560. The van der Waals surface area contributed by atoms with Crippen LogP contribution in [0.4, 0.5) is 0 Å². The summed E-state index contributed by atoms with van der Waals surface area (Å²) in [6.07, 6.45) is 3.46. The second kappa shape index (κ2) is 14.0. The summed E-state index contributed by atoms with van der Waals surface area (Å²) in [7, 11) is 0. The number of thiazole rings is 1. The molecule has 0 amide bonds. The summed E-state index contributed by atoms with van der Waals surface area (Å²) >= 11 is 2.88. The van der Waals surface area contributed by atoms with Crippen molar-refractivity contribution in [3.8, 4) is 17.6 Å². The lowest BCUT2D eigenvalue weighted by atomic mass is 9.96. The fourth-order valence-electron chi connectivity index (χ4n) is 5.03. The second-order valence-corrected chi connectivity index (χ2v) is 12.4. The number of esters is 1. The highest BCUT2D eigenvalue weighted by atomic mass is 32.2. The van der Waals surface area contributed by atoms with Crippen LogP contribution in [0.15, 0.2) is 92.7 Å². The molecule has 1 atom stereocenters. The minimum absolute atomic E-state index is 0.209. The normalized spacial score (nSPS) is 14.5. The van der Waals surface area contributed by atoms with E-state index in [1.807, 2.05) is 67.8 Å². The topological polar surface area (TPSA) is 103 Å². The maximum atomic E-state index is 14.0. The number of benzene rings is 3. The van der Waals surface area contributed by atoms with Gasteiger partial charge in [0.05, 0.1) is 46.2 Å². The van der Waals surface area contributed by atoms with Gasteiger partial charge in [-0.05, 0) is 81.5 Å². The molecule has 0 bridgehead atoms. The molecule has 4 aromatic rings. The maximum absolute atomic E-state index is 14.0. The molecule has 0 spiro atoms. The first kappa shape index (κ1) is 31.8. The molecule has 0 aliphatic carbocycles. The predicted octanol–water partition coefficient (Wildman–Crippen LogP) is 5.76. The van der Waals surface area contributed by atoms with Crippen LogP contribution in [0.5, 0.6) is 11.5 Å². The highest BCUT2D eigenvalue weighted by Crippen LogP contribution is 2.33. The quantitative estimate of drug-likeness (QED) is 0.161. The van der Waals surface area contributed by atoms with Crippen molar-refractivity contribution in [3.05, 3.63) is 120 Å². The Morgan fingerprint density at radius 2 is 1.87 bits per heavy atom. The number of fused-ring (bicyclic) bond motifs is 1. The van der Waals surface area contributed by atoms with Crippen molar-refractivity contribution < 1.29 is 19.0 Å². The van der Waals surface area contributed by atoms with Crippen molar-refractivity contribution in [1.29, 1.82) is 5.26 Å². The number of hydrogen-bond donors (Lipinski definition) is 0. The SMILES string of the molecule is CCOc1cc(/C=c2/sc3n(c2=O)[C@@H](c2ccc(SC)cc2)C(C(=O)OC(C)C)=C(C)N=3)ccc1OCc1ccccc1C#N. The Kier molecular flexibility index (Phi) is 9.91. The maximum Gasteiger partial charge on any atom is 0.338 e. The van der Waals surface area contributed by atoms with Crippen LogP contribution in [0.25, 0.3) is 6.08 Å². The third-order valence-electron chi connectivity index (χ3n) is 7.10. The van der Waals surface area contributed by atoms with Gasteiger partial charge in [-0.2, -0.15) is 5.26 Å². The van der Waals surface area contributed by atoms with Crippen molar-refractivity contribution in [2.45, 2.75) is 51.3 Å². The molecule has 0 unspecified atom stereocenters. The van der Waals surface area contributed by atoms with Crippen molar-refractivity contribution in [2.75, 3.05) is 12.9 Å². The van der Waals surface area contributed by atoms with Gasteiger partial charge in [0.1, 0.15) is 6.61 Å². The van der Waals surface area contributed by atoms with E-state index in [0.29, 0.717) is 44.3 Å². The van der Waals surface area contributed by atoms with Gasteiger partial charge in [0.15, 0.2) is 16.3 Å². The summed E-state index contributed by atoms with van der Waals surface area (Å²) < 4.78 is 19.6. The van der Waals surface area contributed by atoms with E-state index in [2.05, 4.69) is 11.1 Å². The Labute approximate surface area is 269 Å². The minimum atomic E-state index is -0.684. The van der Waals surface area contributed by atoms with Crippen molar-refractivity contribution >= 4 is 35.1 Å². The Morgan fingerprint density at radius 3 is 2.56 bits per heavy atom. The molecule has 0 saturated heterocycles. The zero-order valence-electron chi connectivity index (χ0n) is 25.7. The van der Waals surface area contributed by atoms with Gasteiger partial charge in [-0.3, -0.25) is 9.36 Å². The van der Waals surface area contributed by atoms with Crippen LogP contribution in [0.3, 0.4) is 0 Å². The van der Waals surface area contributed by atoms with E-state index in [1.54, 1.807) is 55.3 Å². The number of hydrogen-bond acceptors (Lipinski definition) is 9. The molecule has 45 heavy (non-hydrogen) atoms. The van der Waals surface area contributed by atoms with E-state index in [4.69, 9.17) is 14.2 Å². The van der Waals surface area contributed by atoms with Gasteiger partial charge in [0.25, 0.3) is 5.56 Å². The predicted molar refractivity (Wildman–Crippen MR) is 176 cm³/mol. The molecule has 5 rings (SSSR count). The van der Waals surface area contributed by atoms with Crippen LogP contribution in [-0.4, -0.2) is 29.5 Å². The summed E-state index contributed by atoms with van der Waals surface area (Å²) in [6, 6.07) is 22.1. The summed E-state index contributed by atoms with van der Waals surface area (Å²) in [4.78, 5) is 33.7. The van der Waals surface area contributed by atoms with Gasteiger partial charge in [-0.25, -0.2) is 9.79 Å². The molecule has 2 heterocycles. The fraction of sp³-hybridized carbons (Fsp3) is 0.257. The van der Waals surface area contributed by atoms with Crippen molar-refractivity contribution in [3.63, 3.8) is 0 Å². The summed E-state index contributed by atoms with van der Waals surface area (Å²) in [6.45, 7) is 7.88. The zero-order chi connectivity index (χ0) is 32.1. The molecule has 0 N–H and O–H groups in total. The van der Waals surface area contributed by atoms with Crippen LogP contribution in [0.1, 0.15) is 56.0 Å². The number of nitriles is 1. The largest absolute Gasteiger partial charge is 0.490 e. The third-order valence-corrected chi connectivity index (χ3v) is 8.83. The highest BCUT2D eigenvalue weighted by Gasteiger charge is 2.33. The lowest BCUT2D eigenvalue weighted by Crippen LogP contribution is -2.40. The number of aromatic nitrogens is 1. The first-order valence-electron chi connectivity index (χ1n) is 14.5. The fourth-order valence-corrected chi connectivity index (χ4v) is 6.48. The van der Waals surface area contributed by atoms with Crippen molar-refractivity contribution in [1.82, 2.24) is 4.57 Å². The molecule has 10 heteroatoms. The summed E-state index contributed by atoms with van der Waals surface area (Å²) in [5.41, 5.74) is 3.47. The lowest BCUT2D eigenvalue weighted by molar-refractivity contribution is -0.143. The smallest absolute Gasteiger partial charge is 0.338 e. The van der Waals surface area contributed by atoms with Crippen LogP contribution in [-0.2, 0) is 16.1 Å². The Hall–Kier alpha value is -4.59. The Morgan fingerprint density at radius 1 is 1.11 bits per heavy atom. The van der Waals surface area contributed by atoms with Gasteiger partial charge >= 0.3 is 5.97 Å². The van der Waals surface area contributed by atoms with Crippen LogP contribution < -0.4 is 24.4 Å². The monoisotopic (exact) mass is 639 g/mol. The zero-order valence-corrected chi connectivity index (χ0v) is 27.3. The molecule has 1 aliphatic rings. The molecule has 1 aliphatic heterocycles. The number of ether oxygens (including phenoxy) is 3. The van der Waals surface area contributed by atoms with Gasteiger partial charge < -0.3 is 14.2 Å². The molecule has 230 valence electrons. The summed E-state index contributed by atoms with van der Waals surface area (Å²) in [5, 5.41) is 9.41. The molecular weight excluding hydrogens is 607 g/mol. The highest BCUT2D eigenvalue weighted by molar-refractivity contribution is 7.98. The van der Waals surface area contributed by atoms with E-state index in [0.717, 1.165) is 21.6 Å². The molecule has 1 aromatic heterocycles. The molecule has 0 radical (unpaired) electrons. The molecule has 3 aromatic carbocycles. The first-order chi connectivity index (χ1) is 21.7. The van der Waals surface area contributed by atoms with E-state index >= 15 is 0 Å². The number of rotatable bonds is 10. The average Bonchev–Trinajstić information content (AvgIpc) is 3.33. The molecular formula is C35H33N3O5S2. The minimum Gasteiger partial charge on any atom is -0.490 e. The van der Waals surface area contributed by atoms with Gasteiger partial charge in [0, 0.05) is 10.5 Å². The van der Waals surface area contributed by atoms with Gasteiger partial charge in [0.2, 0.25) is 0 Å². The van der Waals surface area contributed by atoms with Crippen LogP contribution in [0.2, 0.25) is 0 Å². The van der Waals surface area contributed by atoms with Gasteiger partial charge in [-0.15, -0.1) is 11.8 Å². The third kappa shape index (κ3) is 6.90. The first-order valence-corrected chi connectivity index (χ1v) is 16.5. The van der Waals surface area contributed by atoms with Crippen LogP contribution in [0, 0.1) is 11.3 Å². The standard InChI is InChI=1S/C35H33N3O5S2/c1-6-41-29-17-23(11-16-28(29)42-20-26-10-8-7-9-25(26)19-36)18-30-33(39)38-32(24-12-14-27(44-5)15-13-24)31(34(40)43-21(2)3)22(4)37-35(38)45-30/h7-18,21,32H,6,20H2,1-5H3/b30-18+/t32-/m0/s1. The Bertz CT molecular complexity index is 1980. The van der Waals surface area contributed by atoms with Crippen LogP contribution >= 0.6 is 23.1 Å². The van der Waals surface area contributed by atoms with Crippen molar-refractivity contribution in [2.24, 2.45) is 4.99 Å². The molecule has 0 saturated carbocycles. The second-order valence-electron chi connectivity index (χ2n) is 10.5. The molecule has 8 nitrogen and oxygen atoms in total. The number of carbonyl (C=O) groups is 1. The Balaban J connectivity index is 1.55. The number of nitrogens with zero attached hydrogens (tertiary/aromatic N) is 3.